The first kappa shape index (κ1) is 94.1. The van der Waals surface area contributed by atoms with Gasteiger partial charge in [-0.25, -0.2) is 4.39 Å². The molecule has 9 aliphatic heterocycles. The Kier molecular flexibility index (Phi) is 32.0. The van der Waals surface area contributed by atoms with E-state index in [9.17, 15) is 34.6 Å². The van der Waals surface area contributed by atoms with E-state index in [2.05, 4.69) is 174 Å². The molecule has 6 saturated heterocycles. The van der Waals surface area contributed by atoms with E-state index in [1.54, 1.807) is 28.0 Å². The maximum Gasteiger partial charge on any atom is 0.318 e. The number of pyridine rings is 1. The van der Waals surface area contributed by atoms with E-state index < -0.39 is 0 Å². The Hall–Kier alpha value is -11.6. The van der Waals surface area contributed by atoms with E-state index >= 15 is 0 Å². The Balaban J connectivity index is 0.000000162. The van der Waals surface area contributed by atoms with E-state index in [-0.39, 0.29) is 101 Å². The molecule has 3 amide bonds. The molecule has 0 aliphatic carbocycles. The highest BCUT2D eigenvalue weighted by Crippen LogP contribution is 2.41. The maximum atomic E-state index is 14.0. The second-order valence-corrected chi connectivity index (χ2v) is 33.9. The number of anilines is 6. The van der Waals surface area contributed by atoms with Gasteiger partial charge in [-0.1, -0.05) is 79.9 Å². The SMILES string of the molecule is C/C=C/C(=O)N1CCN(c2nc(OC[C@@H]3CCCN3C)nc3c2CCN(c2cccc4ccccc24)C3)CC1CC#N.C=CC(=O)N1CCN(c2nc(OC[C@@H]3CCCN3C)nc3c2CCN(c2cccc4cc(F)ccc24)C3)CC1CC#N.C=CC(=O)N1CCN(c2nc(OC[C@@H]3CCCN3C)nc3c2CCN(c2cccc4cnccc24)C3)CC1CC#N.S.S.S. The number of carbonyl (C=O) groups is 3. The molecular formula is C96H117FN22O6S3. The summed E-state index contributed by atoms with van der Waals surface area (Å²) in [6.45, 7) is 23.3. The predicted octanol–water partition coefficient (Wildman–Crippen LogP) is 11.6. The number of amides is 3. The number of piperazine rings is 3. The van der Waals surface area contributed by atoms with Crippen LogP contribution in [0.3, 0.4) is 0 Å². The van der Waals surface area contributed by atoms with Gasteiger partial charge in [0, 0.05) is 164 Å². The molecule has 32 heteroatoms. The van der Waals surface area contributed by atoms with Crippen molar-refractivity contribution in [2.75, 3.05) is 169 Å². The Labute approximate surface area is 770 Å². The van der Waals surface area contributed by atoms with E-state index in [0.29, 0.717) is 135 Å². The molecule has 6 fully saturated rings. The van der Waals surface area contributed by atoms with Gasteiger partial charge in [0.05, 0.1) is 92.3 Å². The van der Waals surface area contributed by atoms with Crippen LogP contribution in [0.15, 0.2) is 153 Å². The van der Waals surface area contributed by atoms with Crippen LogP contribution in [-0.2, 0) is 53.3 Å². The third-order valence-corrected chi connectivity index (χ3v) is 26.4. The minimum atomic E-state index is -0.257. The van der Waals surface area contributed by atoms with Crippen molar-refractivity contribution in [3.05, 3.63) is 193 Å². The molecule has 28 nitrogen and oxygen atoms in total. The van der Waals surface area contributed by atoms with Crippen molar-refractivity contribution in [3.8, 4) is 36.2 Å². The molecule has 0 N–H and O–H groups in total. The van der Waals surface area contributed by atoms with Gasteiger partial charge in [0.25, 0.3) is 0 Å². The average molecular weight is 1790 g/mol. The minimum absolute atomic E-state index is 0. The highest BCUT2D eigenvalue weighted by molar-refractivity contribution is 7.59. The lowest BCUT2D eigenvalue weighted by atomic mass is 10.0. The average Bonchev–Trinajstić information content (AvgIpc) is 0.832. The van der Waals surface area contributed by atoms with Crippen molar-refractivity contribution in [2.24, 2.45) is 0 Å². The molecule has 0 spiro atoms. The summed E-state index contributed by atoms with van der Waals surface area (Å²) in [5.74, 6) is 1.98. The Bertz CT molecular complexity index is 5630. The fourth-order valence-electron chi connectivity index (χ4n) is 19.5. The molecular weight excluding hydrogens is 1670 g/mol. The number of nitrogens with zero attached hydrogens (tertiary/aromatic N) is 22. The normalized spacial score (nSPS) is 20.5. The van der Waals surface area contributed by atoms with Gasteiger partial charge in [0.15, 0.2) is 0 Å². The van der Waals surface area contributed by atoms with Gasteiger partial charge in [0.1, 0.15) is 43.1 Å². The third-order valence-electron chi connectivity index (χ3n) is 26.4. The molecule has 3 unspecified atom stereocenters. The van der Waals surface area contributed by atoms with Gasteiger partial charge in [-0.05, 0) is 177 Å². The highest BCUT2D eigenvalue weighted by Gasteiger charge is 2.39. The van der Waals surface area contributed by atoms with Crippen LogP contribution < -0.4 is 43.6 Å². The minimum Gasteiger partial charge on any atom is -0.462 e. The van der Waals surface area contributed by atoms with E-state index in [0.717, 1.165) is 163 Å². The molecule has 0 radical (unpaired) electrons. The summed E-state index contributed by atoms with van der Waals surface area (Å²) in [5.41, 5.74) is 9.59. The predicted molar refractivity (Wildman–Crippen MR) is 514 cm³/mol. The molecule has 0 saturated carbocycles. The second-order valence-electron chi connectivity index (χ2n) is 33.9. The van der Waals surface area contributed by atoms with Crippen LogP contribution in [0.1, 0.15) is 98.5 Å². The first-order valence-electron chi connectivity index (χ1n) is 44.1. The fourth-order valence-corrected chi connectivity index (χ4v) is 19.5. The topological polar surface area (TPSA) is 279 Å². The van der Waals surface area contributed by atoms with Crippen molar-refractivity contribution in [2.45, 2.75) is 140 Å². The van der Waals surface area contributed by atoms with E-state index in [4.69, 9.17) is 44.1 Å². The number of carbonyl (C=O) groups excluding carboxylic acids is 3. The molecule has 9 aliphatic rings. The van der Waals surface area contributed by atoms with Crippen molar-refractivity contribution in [1.29, 1.82) is 15.8 Å². The number of likely N-dealkylation sites (tertiary alicyclic amines) is 3. The lowest BCUT2D eigenvalue weighted by Crippen LogP contribution is -2.55. The first-order valence-corrected chi connectivity index (χ1v) is 44.1. The monoisotopic (exact) mass is 1790 g/mol. The number of rotatable bonds is 21. The number of hydrogen-bond donors (Lipinski definition) is 0. The fraction of sp³-hybridized carbons (Fsp3) is 0.448. The number of ether oxygens (including phenoxy) is 3. The molecule has 5 aromatic carbocycles. The second kappa shape index (κ2) is 43.5. The van der Waals surface area contributed by atoms with Crippen LogP contribution >= 0.6 is 40.5 Å². The van der Waals surface area contributed by atoms with Crippen LogP contribution in [0, 0.1) is 39.8 Å². The van der Waals surface area contributed by atoms with Crippen molar-refractivity contribution >= 4 is 125 Å². The van der Waals surface area contributed by atoms with Gasteiger partial charge in [-0.15, -0.1) is 0 Å². The molecule has 18 rings (SSSR count). The molecule has 4 aromatic heterocycles. The number of hydrogen-bond acceptors (Lipinski definition) is 25. The van der Waals surface area contributed by atoms with Crippen LogP contribution in [0.4, 0.5) is 38.9 Å². The number of allylic oxidation sites excluding steroid dienone is 1. The molecule has 6 atom stereocenters. The number of aromatic nitrogens is 7. The van der Waals surface area contributed by atoms with E-state index in [1.807, 2.05) is 42.4 Å². The molecule has 672 valence electrons. The molecule has 128 heavy (non-hydrogen) atoms. The smallest absolute Gasteiger partial charge is 0.318 e. The van der Waals surface area contributed by atoms with E-state index in [1.165, 1.54) is 52.9 Å². The summed E-state index contributed by atoms with van der Waals surface area (Å²) in [6.07, 6.45) is 19.6. The third kappa shape index (κ3) is 21.1. The summed E-state index contributed by atoms with van der Waals surface area (Å²) in [6, 6.07) is 42.5. The number of likely N-dealkylation sites (N-methyl/N-ethyl adjacent to an activating group) is 3. The lowest BCUT2D eigenvalue weighted by Gasteiger charge is -2.42. The molecule has 0 bridgehead atoms. The van der Waals surface area contributed by atoms with Crippen molar-refractivity contribution in [1.82, 2.24) is 64.3 Å². The standard InChI is InChI=1S/C33H39N7O2.C32H36FN7O2.C31H36N8O2.3H2S/c1-3-8-31(41)40-20-19-39(21-25(40)14-16-34)32-28-15-18-38(30-13-6-10-24-9-4-5-12-27(24)30)22-29(28)35-33(36-32)42-23-26-11-7-17-37(26)2;1-3-30(41)40-17-16-39(19-24(40)11-13-34)31-27-12-15-38(29-8-4-6-22-18-23(33)9-10-26(22)29)20-28(27)35-32(36-31)42-21-25-7-5-14-37(25)2;1-3-29(40)39-17-16-38(19-23(39)9-12-32)30-26-11-15-37(28-8-4-6-22-18-33-13-10-25(22)28)20-27(26)34-31(35-30)41-21-24-7-5-14-36(24)2;;;/h3-6,8-10,12-13,25-26H,7,11,14-15,17-23H2,1-2H3;3-4,6,8-10,18,24-25H,1,5,7,11-12,14-17,19-21H2,2H3;3-4,6,8,10,13,18,23-24H,1,5,7,9,11,14-17,19-21H2,2H3;3*1H2/b8-3+;;;;;/t25?,26-;24?,25-;23?,24-;;;/m000.../s1. The van der Waals surface area contributed by atoms with Crippen LogP contribution in [-0.4, -0.2) is 257 Å². The zero-order valence-electron chi connectivity index (χ0n) is 73.7. The largest absolute Gasteiger partial charge is 0.462 e. The molecule has 13 heterocycles. The van der Waals surface area contributed by atoms with Gasteiger partial charge >= 0.3 is 18.0 Å². The summed E-state index contributed by atoms with van der Waals surface area (Å²) in [7, 11) is 6.40. The molecule has 9 aromatic rings. The summed E-state index contributed by atoms with van der Waals surface area (Å²) >= 11 is 0. The van der Waals surface area contributed by atoms with Crippen molar-refractivity contribution < 1.29 is 33.0 Å². The Morgan fingerprint density at radius 3 is 1.20 bits per heavy atom. The quantitative estimate of drug-likeness (QED) is 0.0604. The lowest BCUT2D eigenvalue weighted by molar-refractivity contribution is -0.129. The summed E-state index contributed by atoms with van der Waals surface area (Å²) in [4.78, 5) is 97.9. The van der Waals surface area contributed by atoms with Crippen LogP contribution in [0.25, 0.3) is 32.3 Å². The van der Waals surface area contributed by atoms with Gasteiger partial charge < -0.3 is 73.0 Å². The zero-order chi connectivity index (χ0) is 86.6. The zero-order valence-corrected chi connectivity index (χ0v) is 76.7. The highest BCUT2D eigenvalue weighted by atomic mass is 32.1. The van der Waals surface area contributed by atoms with Gasteiger partial charge in [-0.2, -0.15) is 86.2 Å². The Morgan fingerprint density at radius 1 is 0.438 bits per heavy atom. The number of halogens is 1. The van der Waals surface area contributed by atoms with Gasteiger partial charge in [0.2, 0.25) is 17.7 Å². The number of nitriles is 3. The maximum absolute atomic E-state index is 14.0. The number of fused-ring (bicyclic) bond motifs is 6. The van der Waals surface area contributed by atoms with Crippen LogP contribution in [0.5, 0.6) is 18.0 Å². The summed E-state index contributed by atoms with van der Waals surface area (Å²) < 4.78 is 32.8. The first-order chi connectivity index (χ1) is 61.0. The van der Waals surface area contributed by atoms with Gasteiger partial charge in [-0.3, -0.25) is 19.4 Å². The Morgan fingerprint density at radius 2 is 0.812 bits per heavy atom. The van der Waals surface area contributed by atoms with Crippen LogP contribution in [0.2, 0.25) is 0 Å². The van der Waals surface area contributed by atoms with Crippen molar-refractivity contribution in [3.63, 3.8) is 0 Å². The number of benzene rings is 5. The summed E-state index contributed by atoms with van der Waals surface area (Å²) in [5, 5.41) is 35.2.